The van der Waals surface area contributed by atoms with E-state index in [9.17, 15) is 4.79 Å². The number of fused-ring (bicyclic) bond motifs is 2. The fraction of sp³-hybridized carbons (Fsp3) is 0.923. The molecule has 2 bridgehead atoms. The van der Waals surface area contributed by atoms with Crippen molar-refractivity contribution < 1.29 is 14.3 Å². The first-order valence-electron chi connectivity index (χ1n) is 6.76. The number of nitrogens with zero attached hydrogens (tertiary/aromatic N) is 1. The maximum absolute atomic E-state index is 11.5. The second-order valence-corrected chi connectivity index (χ2v) is 6.09. The van der Waals surface area contributed by atoms with Crippen LogP contribution in [0.4, 0.5) is 4.79 Å². The Balaban J connectivity index is 1.68. The van der Waals surface area contributed by atoms with Crippen molar-refractivity contribution in [3.05, 3.63) is 0 Å². The average molecular weight is 256 g/mol. The average Bonchev–Trinajstić information content (AvgIpc) is 2.47. The highest BCUT2D eigenvalue weighted by Crippen LogP contribution is 2.27. The molecule has 2 rings (SSSR count). The molecule has 0 aromatic heterocycles. The minimum atomic E-state index is -0.428. The van der Waals surface area contributed by atoms with Crippen molar-refractivity contribution in [1.29, 1.82) is 0 Å². The van der Waals surface area contributed by atoms with Gasteiger partial charge in [-0.15, -0.1) is 0 Å². The molecule has 0 radical (unpaired) electrons. The second kappa shape index (κ2) is 5.45. The zero-order valence-corrected chi connectivity index (χ0v) is 11.6. The van der Waals surface area contributed by atoms with E-state index in [1.165, 1.54) is 12.8 Å². The van der Waals surface area contributed by atoms with E-state index in [1.54, 1.807) is 0 Å². The lowest BCUT2D eigenvalue weighted by molar-refractivity contribution is -0.0141. The molecule has 18 heavy (non-hydrogen) atoms. The van der Waals surface area contributed by atoms with E-state index >= 15 is 0 Å². The number of hydrogen-bond donors (Lipinski definition) is 1. The maximum Gasteiger partial charge on any atom is 0.407 e. The summed E-state index contributed by atoms with van der Waals surface area (Å²) in [6.45, 7) is 8.81. The Morgan fingerprint density at radius 1 is 1.33 bits per heavy atom. The molecule has 1 amide bonds. The molecule has 2 fully saturated rings. The van der Waals surface area contributed by atoms with E-state index in [0.717, 1.165) is 19.8 Å². The SMILES string of the molecule is CC(C)(C)OC(=O)NCCN1C2CCC1COC2. The van der Waals surface area contributed by atoms with Crippen LogP contribution in [0.5, 0.6) is 0 Å². The molecule has 1 N–H and O–H groups in total. The van der Waals surface area contributed by atoms with Gasteiger partial charge in [0.2, 0.25) is 0 Å². The van der Waals surface area contributed by atoms with E-state index in [1.807, 2.05) is 20.8 Å². The van der Waals surface area contributed by atoms with Gasteiger partial charge in [0, 0.05) is 25.2 Å². The first kappa shape index (κ1) is 13.6. The molecule has 2 atom stereocenters. The largest absolute Gasteiger partial charge is 0.444 e. The Morgan fingerprint density at radius 2 is 1.94 bits per heavy atom. The molecule has 2 aliphatic rings. The van der Waals surface area contributed by atoms with Crippen LogP contribution in [0, 0.1) is 0 Å². The zero-order valence-electron chi connectivity index (χ0n) is 11.6. The topological polar surface area (TPSA) is 50.8 Å². The molecule has 0 aromatic carbocycles. The highest BCUT2D eigenvalue weighted by Gasteiger charge is 2.36. The number of rotatable bonds is 3. The molecule has 0 aliphatic carbocycles. The normalized spacial score (nSPS) is 28.2. The fourth-order valence-corrected chi connectivity index (χ4v) is 2.68. The third-order valence-electron chi connectivity index (χ3n) is 3.43. The standard InChI is InChI=1S/C13H24N2O3/c1-13(2,3)18-12(16)14-6-7-15-10-4-5-11(15)9-17-8-10/h10-11H,4-9H2,1-3H3,(H,14,16). The van der Waals surface area contributed by atoms with Gasteiger partial charge >= 0.3 is 6.09 Å². The molecule has 2 aliphatic heterocycles. The van der Waals surface area contributed by atoms with E-state index in [-0.39, 0.29) is 6.09 Å². The molecule has 0 spiro atoms. The summed E-state index contributed by atoms with van der Waals surface area (Å²) in [5.41, 5.74) is -0.428. The van der Waals surface area contributed by atoms with Gasteiger partial charge < -0.3 is 14.8 Å². The van der Waals surface area contributed by atoms with Crippen LogP contribution < -0.4 is 5.32 Å². The predicted octanol–water partition coefficient (Wildman–Crippen LogP) is 1.37. The Labute approximate surface area is 109 Å². The second-order valence-electron chi connectivity index (χ2n) is 6.09. The first-order chi connectivity index (χ1) is 8.46. The molecule has 5 heteroatoms. The van der Waals surface area contributed by atoms with E-state index < -0.39 is 5.60 Å². The highest BCUT2D eigenvalue weighted by atomic mass is 16.6. The minimum Gasteiger partial charge on any atom is -0.444 e. The van der Waals surface area contributed by atoms with Crippen molar-refractivity contribution in [2.24, 2.45) is 0 Å². The number of ether oxygens (including phenoxy) is 2. The Hall–Kier alpha value is -0.810. The number of amides is 1. The summed E-state index contributed by atoms with van der Waals surface area (Å²) in [7, 11) is 0. The molecular weight excluding hydrogens is 232 g/mol. The zero-order chi connectivity index (χ0) is 13.2. The number of carbonyl (C=O) groups excluding carboxylic acids is 1. The van der Waals surface area contributed by atoms with Crippen LogP contribution in [0.1, 0.15) is 33.6 Å². The van der Waals surface area contributed by atoms with E-state index in [2.05, 4.69) is 10.2 Å². The summed E-state index contributed by atoms with van der Waals surface area (Å²) < 4.78 is 10.7. The number of carbonyl (C=O) groups is 1. The lowest BCUT2D eigenvalue weighted by atomic mass is 10.2. The van der Waals surface area contributed by atoms with Crippen LogP contribution in [0.25, 0.3) is 0 Å². The van der Waals surface area contributed by atoms with Crippen LogP contribution >= 0.6 is 0 Å². The van der Waals surface area contributed by atoms with Gasteiger partial charge in [0.1, 0.15) is 5.60 Å². The first-order valence-corrected chi connectivity index (χ1v) is 6.76. The van der Waals surface area contributed by atoms with Crippen molar-refractivity contribution in [2.75, 3.05) is 26.3 Å². The van der Waals surface area contributed by atoms with E-state index in [4.69, 9.17) is 9.47 Å². The summed E-state index contributed by atoms with van der Waals surface area (Å²) >= 11 is 0. The van der Waals surface area contributed by atoms with Crippen LogP contribution in [-0.4, -0.2) is 55.0 Å². The summed E-state index contributed by atoms with van der Waals surface area (Å²) in [5, 5.41) is 2.81. The smallest absolute Gasteiger partial charge is 0.407 e. The quantitative estimate of drug-likeness (QED) is 0.828. The van der Waals surface area contributed by atoms with Crippen LogP contribution in [0.3, 0.4) is 0 Å². The summed E-state index contributed by atoms with van der Waals surface area (Å²) in [5.74, 6) is 0. The third-order valence-corrected chi connectivity index (χ3v) is 3.43. The number of nitrogens with one attached hydrogen (secondary N) is 1. The van der Waals surface area contributed by atoms with Crippen LogP contribution in [0.15, 0.2) is 0 Å². The maximum atomic E-state index is 11.5. The van der Waals surface area contributed by atoms with Crippen LogP contribution in [-0.2, 0) is 9.47 Å². The van der Waals surface area contributed by atoms with Gasteiger partial charge in [-0.3, -0.25) is 4.90 Å². The molecular formula is C13H24N2O3. The van der Waals surface area contributed by atoms with Crippen molar-refractivity contribution in [2.45, 2.75) is 51.3 Å². The van der Waals surface area contributed by atoms with Gasteiger partial charge in [0.15, 0.2) is 0 Å². The number of hydrogen-bond acceptors (Lipinski definition) is 4. The van der Waals surface area contributed by atoms with Gasteiger partial charge in [0.25, 0.3) is 0 Å². The monoisotopic (exact) mass is 256 g/mol. The molecule has 2 heterocycles. The minimum absolute atomic E-state index is 0.330. The van der Waals surface area contributed by atoms with Gasteiger partial charge in [-0.25, -0.2) is 4.79 Å². The molecule has 0 saturated carbocycles. The van der Waals surface area contributed by atoms with Gasteiger partial charge in [-0.1, -0.05) is 0 Å². The van der Waals surface area contributed by atoms with Gasteiger partial charge in [0.05, 0.1) is 13.2 Å². The van der Waals surface area contributed by atoms with E-state index in [0.29, 0.717) is 18.6 Å². The molecule has 2 saturated heterocycles. The van der Waals surface area contributed by atoms with Crippen molar-refractivity contribution in [3.8, 4) is 0 Å². The molecule has 2 unspecified atom stereocenters. The molecule has 0 aromatic rings. The Morgan fingerprint density at radius 3 is 2.50 bits per heavy atom. The number of morpholine rings is 1. The summed E-state index contributed by atoms with van der Waals surface area (Å²) in [6.07, 6.45) is 2.11. The summed E-state index contributed by atoms with van der Waals surface area (Å²) in [6, 6.07) is 1.09. The third kappa shape index (κ3) is 3.59. The van der Waals surface area contributed by atoms with Gasteiger partial charge in [-0.2, -0.15) is 0 Å². The fourth-order valence-electron chi connectivity index (χ4n) is 2.68. The lowest BCUT2D eigenvalue weighted by Crippen LogP contribution is -2.49. The van der Waals surface area contributed by atoms with Crippen molar-refractivity contribution in [3.63, 3.8) is 0 Å². The van der Waals surface area contributed by atoms with Crippen molar-refractivity contribution in [1.82, 2.24) is 10.2 Å². The Bertz CT molecular complexity index is 285. The van der Waals surface area contributed by atoms with Crippen molar-refractivity contribution >= 4 is 6.09 Å². The predicted molar refractivity (Wildman–Crippen MR) is 68.6 cm³/mol. The highest BCUT2D eigenvalue weighted by molar-refractivity contribution is 5.67. The molecule has 5 nitrogen and oxygen atoms in total. The van der Waals surface area contributed by atoms with Crippen LogP contribution in [0.2, 0.25) is 0 Å². The number of alkyl carbamates (subject to hydrolysis) is 1. The summed E-state index contributed by atoms with van der Waals surface area (Å²) in [4.78, 5) is 14.0. The molecule has 104 valence electrons. The van der Waals surface area contributed by atoms with Gasteiger partial charge in [-0.05, 0) is 33.6 Å². The Kier molecular flexibility index (Phi) is 4.12. The lowest BCUT2D eigenvalue weighted by Gasteiger charge is -2.34.